The van der Waals surface area contributed by atoms with Crippen LogP contribution < -0.4 is 13.9 Å². The van der Waals surface area contributed by atoms with Crippen molar-refractivity contribution in [3.8, 4) is 22.6 Å². The van der Waals surface area contributed by atoms with Crippen molar-refractivity contribution in [1.82, 2.24) is 0 Å². The van der Waals surface area contributed by atoms with Crippen LogP contribution in [0.25, 0.3) is 32.7 Å². The van der Waals surface area contributed by atoms with Crippen molar-refractivity contribution in [2.24, 2.45) is 4.76 Å². The predicted octanol–water partition coefficient (Wildman–Crippen LogP) is 6.59. The lowest BCUT2D eigenvalue weighted by atomic mass is 9.92. The molecule has 0 amide bonds. The minimum atomic E-state index is -3.87. The van der Waals surface area contributed by atoms with Crippen LogP contribution in [0.15, 0.2) is 108 Å². The predicted molar refractivity (Wildman–Crippen MR) is 129 cm³/mol. The second-order valence-corrected chi connectivity index (χ2v) is 9.16. The molecule has 0 aromatic heterocycles. The first-order chi connectivity index (χ1) is 15.7. The first kappa shape index (κ1) is 19.0. The fourth-order valence-electron chi connectivity index (χ4n) is 4.16. The van der Waals surface area contributed by atoms with E-state index in [1.54, 1.807) is 0 Å². The molecule has 1 aliphatic heterocycles. The fraction of sp³-hybridized carbons (Fsp3) is 0. The van der Waals surface area contributed by atoms with Crippen LogP contribution in [0.3, 0.4) is 0 Å². The number of rotatable bonds is 2. The molecule has 0 atom stereocenters. The van der Waals surface area contributed by atoms with Crippen LogP contribution in [-0.2, 0) is 0 Å². The van der Waals surface area contributed by atoms with Crippen LogP contribution in [-0.4, -0.2) is 6.21 Å². The second-order valence-electron chi connectivity index (χ2n) is 7.63. The van der Waals surface area contributed by atoms with Crippen molar-refractivity contribution in [3.05, 3.63) is 109 Å². The Morgan fingerprint density at radius 3 is 1.66 bits per heavy atom. The molecule has 0 spiro atoms. The van der Waals surface area contributed by atoms with Crippen molar-refractivity contribution in [1.29, 1.82) is 0 Å². The van der Waals surface area contributed by atoms with E-state index in [1.807, 2.05) is 91.0 Å². The summed E-state index contributed by atoms with van der Waals surface area (Å²) in [7, 11) is -3.87. The highest BCUT2D eigenvalue weighted by atomic mass is 31.2. The Labute approximate surface area is 186 Å². The molecule has 32 heavy (non-hydrogen) atoms. The fourth-order valence-corrected chi connectivity index (χ4v) is 5.37. The van der Waals surface area contributed by atoms with Gasteiger partial charge in [0.15, 0.2) is 11.5 Å². The number of nitrogens with zero attached hydrogens (tertiary/aromatic N) is 1. The summed E-state index contributed by atoms with van der Waals surface area (Å²) in [5.74, 6) is 0.986. The van der Waals surface area contributed by atoms with Gasteiger partial charge >= 0.3 is 8.09 Å². The lowest BCUT2D eigenvalue weighted by Gasteiger charge is -2.20. The Balaban J connectivity index is 1.63. The highest BCUT2D eigenvalue weighted by Gasteiger charge is 2.39. The molecular weight excluding hydrogens is 417 g/mol. The molecule has 5 heteroatoms. The Kier molecular flexibility index (Phi) is 4.43. The van der Waals surface area contributed by atoms with E-state index in [0.717, 1.165) is 38.2 Å². The van der Waals surface area contributed by atoms with E-state index in [9.17, 15) is 4.89 Å². The molecule has 0 aliphatic carbocycles. The minimum absolute atomic E-state index is 0.493. The summed E-state index contributed by atoms with van der Waals surface area (Å²) in [4.78, 5) is 13.8. The Bertz CT molecular complexity index is 1410. The third-order valence-corrected chi connectivity index (χ3v) is 6.86. The van der Waals surface area contributed by atoms with Gasteiger partial charge in [-0.15, -0.1) is 0 Å². The zero-order chi connectivity index (χ0) is 21.5. The van der Waals surface area contributed by atoms with E-state index >= 15 is 0 Å². The SMILES string of the molecule is [O-][P+]1(/N=C/c2ccccc2)Oc2ccc3ccccc3c2-c2c(ccc3ccccc23)O1. The number of fused-ring (bicyclic) bond motifs is 7. The summed E-state index contributed by atoms with van der Waals surface area (Å²) in [6.07, 6.45) is 1.54. The van der Waals surface area contributed by atoms with Gasteiger partial charge in [0.1, 0.15) is 0 Å². The first-order valence-corrected chi connectivity index (χ1v) is 11.8. The van der Waals surface area contributed by atoms with Gasteiger partial charge < -0.3 is 4.89 Å². The van der Waals surface area contributed by atoms with Crippen LogP contribution in [0.4, 0.5) is 0 Å². The van der Waals surface area contributed by atoms with E-state index in [4.69, 9.17) is 9.05 Å². The van der Waals surface area contributed by atoms with E-state index in [1.165, 1.54) is 6.21 Å². The van der Waals surface area contributed by atoms with E-state index in [2.05, 4.69) is 16.9 Å². The maximum atomic E-state index is 13.8. The van der Waals surface area contributed by atoms with Crippen molar-refractivity contribution in [2.75, 3.05) is 0 Å². The number of benzene rings is 5. The molecule has 154 valence electrons. The molecule has 1 heterocycles. The largest absolute Gasteiger partial charge is 0.595 e. The maximum Gasteiger partial charge on any atom is 0.455 e. The van der Waals surface area contributed by atoms with Gasteiger partial charge in [-0.05, 0) is 39.2 Å². The number of hydrogen-bond donors (Lipinski definition) is 0. The summed E-state index contributed by atoms with van der Waals surface area (Å²) in [6.45, 7) is 0. The van der Waals surface area contributed by atoms with Crippen LogP contribution in [0.2, 0.25) is 0 Å². The molecule has 0 bridgehead atoms. The Morgan fingerprint density at radius 2 is 1.09 bits per heavy atom. The smallest absolute Gasteiger partial charge is 0.455 e. The molecule has 5 aromatic rings. The average Bonchev–Trinajstić information content (AvgIpc) is 2.97. The third-order valence-electron chi connectivity index (χ3n) is 5.61. The molecule has 0 saturated carbocycles. The van der Waals surface area contributed by atoms with Crippen molar-refractivity contribution < 1.29 is 13.9 Å². The van der Waals surface area contributed by atoms with E-state index in [-0.39, 0.29) is 0 Å². The molecule has 0 unspecified atom stereocenters. The van der Waals surface area contributed by atoms with Gasteiger partial charge in [-0.3, -0.25) is 9.05 Å². The molecule has 5 aromatic carbocycles. The van der Waals surface area contributed by atoms with Crippen molar-refractivity contribution >= 4 is 35.9 Å². The Morgan fingerprint density at radius 1 is 0.594 bits per heavy atom. The first-order valence-electron chi connectivity index (χ1n) is 10.3. The summed E-state index contributed by atoms with van der Waals surface area (Å²) >= 11 is 0. The van der Waals surface area contributed by atoms with Crippen LogP contribution in [0.1, 0.15) is 5.56 Å². The lowest BCUT2D eigenvalue weighted by molar-refractivity contribution is -0.202. The monoisotopic (exact) mass is 435 g/mol. The Hall–Kier alpha value is -3.72. The zero-order valence-electron chi connectivity index (χ0n) is 17.0. The second kappa shape index (κ2) is 7.45. The lowest BCUT2D eigenvalue weighted by Crippen LogP contribution is -2.18. The van der Waals surface area contributed by atoms with Crippen LogP contribution >= 0.6 is 8.09 Å². The zero-order valence-corrected chi connectivity index (χ0v) is 17.9. The normalized spacial score (nSPS) is 14.4. The summed E-state index contributed by atoms with van der Waals surface area (Å²) in [5, 5.41) is 4.15. The molecule has 6 rings (SSSR count). The van der Waals surface area contributed by atoms with Crippen LogP contribution in [0.5, 0.6) is 11.5 Å². The van der Waals surface area contributed by atoms with Gasteiger partial charge in [0.05, 0.1) is 6.21 Å². The summed E-state index contributed by atoms with van der Waals surface area (Å²) in [5.41, 5.74) is 2.54. The topological polar surface area (TPSA) is 53.9 Å². The number of hydrogen-bond acceptors (Lipinski definition) is 4. The summed E-state index contributed by atoms with van der Waals surface area (Å²) in [6, 6.07) is 33.3. The van der Waals surface area contributed by atoms with Gasteiger partial charge in [0, 0.05) is 11.1 Å². The van der Waals surface area contributed by atoms with E-state index < -0.39 is 8.09 Å². The van der Waals surface area contributed by atoms with Gasteiger partial charge in [-0.1, -0.05) is 95.8 Å². The van der Waals surface area contributed by atoms with Crippen LogP contribution in [0, 0.1) is 0 Å². The highest BCUT2D eigenvalue weighted by molar-refractivity contribution is 7.58. The molecule has 0 fully saturated rings. The molecule has 4 nitrogen and oxygen atoms in total. The van der Waals surface area contributed by atoms with E-state index in [0.29, 0.717) is 11.5 Å². The quantitative estimate of drug-likeness (QED) is 0.232. The molecule has 0 N–H and O–H groups in total. The molecule has 1 aliphatic rings. The standard InChI is InChI=1S/C27H18NO3P/c29-32(28-18-19-8-2-1-3-9-19)30-24-16-14-20-10-4-6-12-22(20)26(24)27-23-13-7-5-11-21(23)15-17-25(27)31-32/h1-18H/b28-18+. The highest BCUT2D eigenvalue weighted by Crippen LogP contribution is 2.61. The van der Waals surface area contributed by atoms with Crippen molar-refractivity contribution in [3.63, 3.8) is 0 Å². The van der Waals surface area contributed by atoms with Gasteiger partial charge in [0.25, 0.3) is 0 Å². The average molecular weight is 435 g/mol. The van der Waals surface area contributed by atoms with Crippen molar-refractivity contribution in [2.45, 2.75) is 0 Å². The van der Waals surface area contributed by atoms with Gasteiger partial charge in [-0.2, -0.15) is 0 Å². The molecular formula is C27H18NO3P. The minimum Gasteiger partial charge on any atom is -0.595 e. The molecule has 0 radical (unpaired) electrons. The van der Waals surface area contributed by atoms with Gasteiger partial charge in [0.2, 0.25) is 0 Å². The molecule has 0 saturated heterocycles. The maximum absolute atomic E-state index is 13.8. The summed E-state index contributed by atoms with van der Waals surface area (Å²) < 4.78 is 16.4. The van der Waals surface area contributed by atoms with Gasteiger partial charge in [-0.25, -0.2) is 0 Å². The third kappa shape index (κ3) is 3.21.